The molecule has 7 heteroatoms. The summed E-state index contributed by atoms with van der Waals surface area (Å²) in [5.41, 5.74) is 0.450. The van der Waals surface area contributed by atoms with Crippen LogP contribution in [0.5, 0.6) is 0 Å². The Morgan fingerprint density at radius 3 is 1.56 bits per heavy atom. The summed E-state index contributed by atoms with van der Waals surface area (Å²) in [4.78, 5) is 12.8. The predicted octanol–water partition coefficient (Wildman–Crippen LogP) is 11.2. The summed E-state index contributed by atoms with van der Waals surface area (Å²) in [6.45, 7) is 26.9. The van der Waals surface area contributed by atoms with E-state index >= 15 is 0 Å². The molecular formula is C29H44S7. The second kappa shape index (κ2) is 10.9. The molecule has 0 aromatic carbocycles. The van der Waals surface area contributed by atoms with Gasteiger partial charge in [-0.15, -0.1) is 69.7 Å². The highest BCUT2D eigenvalue weighted by Gasteiger charge is 2.48. The van der Waals surface area contributed by atoms with Crippen molar-refractivity contribution >= 4 is 81.5 Å². The summed E-state index contributed by atoms with van der Waals surface area (Å²) in [5.74, 6) is 6.19. The van der Waals surface area contributed by atoms with Crippen molar-refractivity contribution in [3.63, 3.8) is 0 Å². The molecule has 1 atom stereocenters. The molecule has 2 aromatic rings. The van der Waals surface area contributed by atoms with Gasteiger partial charge in [-0.25, -0.2) is 0 Å². The first-order chi connectivity index (χ1) is 16.6. The molecule has 0 amide bonds. The molecular weight excluding hydrogens is 573 g/mol. The monoisotopic (exact) mass is 616 g/mol. The smallest absolute Gasteiger partial charge is 0.0360 e. The minimum absolute atomic E-state index is 0.0368. The van der Waals surface area contributed by atoms with Gasteiger partial charge in [0.25, 0.3) is 0 Å². The SMILES string of the molecule is CCSCC1CSc2c(C(C)(C)C)sc(C(C)(C)C(C)(C)c3sc(C(C)(C)C)c4c3SCCS4)c2S1. The summed E-state index contributed by atoms with van der Waals surface area (Å²) < 4.78 is 0. The predicted molar refractivity (Wildman–Crippen MR) is 177 cm³/mol. The highest BCUT2D eigenvalue weighted by atomic mass is 32.2. The second-order valence-corrected chi connectivity index (χ2v) is 20.9. The highest BCUT2D eigenvalue weighted by Crippen LogP contribution is 2.61. The van der Waals surface area contributed by atoms with Gasteiger partial charge in [-0.1, -0.05) is 76.2 Å². The number of hydrogen-bond acceptors (Lipinski definition) is 7. The maximum absolute atomic E-state index is 2.55. The molecule has 0 bridgehead atoms. The number of thioether (sulfide) groups is 5. The molecule has 2 aliphatic heterocycles. The normalized spacial score (nSPS) is 19.4. The zero-order valence-corrected chi connectivity index (χ0v) is 29.7. The van der Waals surface area contributed by atoms with Gasteiger partial charge in [0.15, 0.2) is 0 Å². The third kappa shape index (κ3) is 5.52. The fourth-order valence-corrected chi connectivity index (χ4v) is 15.8. The van der Waals surface area contributed by atoms with E-state index in [2.05, 4.69) is 158 Å². The van der Waals surface area contributed by atoms with Crippen molar-refractivity contribution < 1.29 is 0 Å². The van der Waals surface area contributed by atoms with Gasteiger partial charge < -0.3 is 0 Å². The van der Waals surface area contributed by atoms with Crippen molar-refractivity contribution in [3.8, 4) is 0 Å². The lowest BCUT2D eigenvalue weighted by molar-refractivity contribution is 0.305. The Morgan fingerprint density at radius 1 is 0.639 bits per heavy atom. The van der Waals surface area contributed by atoms with Crippen LogP contribution < -0.4 is 0 Å². The largest absolute Gasteiger partial charge is 0.161 e. The topological polar surface area (TPSA) is 0 Å². The third-order valence-corrected chi connectivity index (χ3v) is 18.7. The molecule has 0 saturated carbocycles. The first kappa shape index (κ1) is 30.1. The van der Waals surface area contributed by atoms with Gasteiger partial charge in [0.2, 0.25) is 0 Å². The van der Waals surface area contributed by atoms with E-state index in [1.165, 1.54) is 28.8 Å². The summed E-state index contributed by atoms with van der Waals surface area (Å²) in [6, 6.07) is 0. The minimum atomic E-state index is 0.0368. The van der Waals surface area contributed by atoms with Crippen LogP contribution >= 0.6 is 81.5 Å². The van der Waals surface area contributed by atoms with Gasteiger partial charge in [0.1, 0.15) is 0 Å². The van der Waals surface area contributed by atoms with Crippen LogP contribution in [0.25, 0.3) is 0 Å². The van der Waals surface area contributed by atoms with E-state index in [1.807, 2.05) is 0 Å². The van der Waals surface area contributed by atoms with E-state index in [9.17, 15) is 0 Å². The van der Waals surface area contributed by atoms with Crippen molar-refractivity contribution in [1.82, 2.24) is 0 Å². The van der Waals surface area contributed by atoms with Gasteiger partial charge >= 0.3 is 0 Å². The quantitative estimate of drug-likeness (QED) is 0.316. The molecule has 0 N–H and O–H groups in total. The lowest BCUT2D eigenvalue weighted by Crippen LogP contribution is -2.40. The molecule has 36 heavy (non-hydrogen) atoms. The zero-order valence-electron chi connectivity index (χ0n) is 24.0. The van der Waals surface area contributed by atoms with Crippen LogP contribution in [0.15, 0.2) is 19.6 Å². The summed E-state index contributed by atoms with van der Waals surface area (Å²) in [7, 11) is 0. The highest BCUT2D eigenvalue weighted by molar-refractivity contribution is 8.07. The Kier molecular flexibility index (Phi) is 9.08. The van der Waals surface area contributed by atoms with Gasteiger partial charge in [0, 0.05) is 78.2 Å². The Hall–Kier alpha value is 1.15. The number of rotatable bonds is 6. The van der Waals surface area contributed by atoms with Crippen LogP contribution in [-0.2, 0) is 21.7 Å². The maximum Gasteiger partial charge on any atom is 0.0360 e. The molecule has 0 nitrogen and oxygen atoms in total. The number of hydrogen-bond donors (Lipinski definition) is 0. The molecule has 1 unspecified atom stereocenters. The molecule has 4 rings (SSSR count). The fourth-order valence-electron chi connectivity index (χ4n) is 4.68. The lowest BCUT2D eigenvalue weighted by Gasteiger charge is -2.42. The van der Waals surface area contributed by atoms with Crippen molar-refractivity contribution in [2.24, 2.45) is 0 Å². The third-order valence-electron chi connectivity index (χ3n) is 7.49. The van der Waals surface area contributed by atoms with Crippen molar-refractivity contribution in [3.05, 3.63) is 19.5 Å². The molecule has 4 heterocycles. The van der Waals surface area contributed by atoms with Gasteiger partial charge in [-0.2, -0.15) is 11.8 Å². The van der Waals surface area contributed by atoms with E-state index in [0.717, 1.165) is 0 Å². The minimum Gasteiger partial charge on any atom is -0.161 e. The van der Waals surface area contributed by atoms with Crippen LogP contribution in [0.3, 0.4) is 0 Å². The first-order valence-electron chi connectivity index (χ1n) is 13.1. The van der Waals surface area contributed by atoms with Crippen molar-refractivity contribution in [2.45, 2.75) is 123 Å². The Morgan fingerprint density at radius 2 is 1.08 bits per heavy atom. The average Bonchev–Trinajstić information content (AvgIpc) is 3.37. The fraction of sp³-hybridized carbons (Fsp3) is 0.724. The van der Waals surface area contributed by atoms with Crippen LogP contribution in [0.2, 0.25) is 0 Å². The van der Waals surface area contributed by atoms with E-state index in [0.29, 0.717) is 5.25 Å². The van der Waals surface area contributed by atoms with Gasteiger partial charge in [-0.05, 0) is 16.6 Å². The Balaban J connectivity index is 1.85. The van der Waals surface area contributed by atoms with Gasteiger partial charge in [0.05, 0.1) is 0 Å². The molecule has 0 spiro atoms. The molecule has 0 radical (unpaired) electrons. The lowest BCUT2D eigenvalue weighted by atomic mass is 9.66. The molecule has 2 aliphatic rings. The van der Waals surface area contributed by atoms with Crippen molar-refractivity contribution in [2.75, 3.05) is 28.8 Å². The van der Waals surface area contributed by atoms with Crippen LogP contribution in [0, 0.1) is 0 Å². The van der Waals surface area contributed by atoms with Crippen LogP contribution in [0.1, 0.15) is 95.7 Å². The number of fused-ring (bicyclic) bond motifs is 2. The Bertz CT molecular complexity index is 1090. The molecule has 0 saturated heterocycles. The molecule has 2 aromatic heterocycles. The second-order valence-electron chi connectivity index (χ2n) is 13.0. The molecule has 0 aliphatic carbocycles. The van der Waals surface area contributed by atoms with Crippen LogP contribution in [-0.4, -0.2) is 34.0 Å². The summed E-state index contributed by atoms with van der Waals surface area (Å²) >= 11 is 14.9. The van der Waals surface area contributed by atoms with Crippen LogP contribution in [0.4, 0.5) is 0 Å². The van der Waals surface area contributed by atoms with Crippen molar-refractivity contribution in [1.29, 1.82) is 0 Å². The summed E-state index contributed by atoms with van der Waals surface area (Å²) in [6.07, 6.45) is 0. The van der Waals surface area contributed by atoms with E-state index in [-0.39, 0.29) is 21.7 Å². The van der Waals surface area contributed by atoms with Gasteiger partial charge in [-0.3, -0.25) is 0 Å². The standard InChI is InChI=1S/C29H44S7/c1-12-30-15-17-16-33-20-21(34-17)25(36-23(20)27(5,6)7)29(10,11)28(8,9)24-19-18(31-13-14-32-19)22(35-24)26(2,3)4/h17H,12-16H2,1-11H3. The summed E-state index contributed by atoms with van der Waals surface area (Å²) in [5, 5.41) is 0.710. The first-order valence-corrected chi connectivity index (χ1v) is 19.7. The average molecular weight is 617 g/mol. The molecule has 202 valence electrons. The van der Waals surface area contributed by atoms with E-state index in [1.54, 1.807) is 39.1 Å². The number of thiophene rings is 2. The Labute approximate surface area is 250 Å². The molecule has 0 fully saturated rings. The zero-order chi connectivity index (χ0) is 26.7. The van der Waals surface area contributed by atoms with E-state index < -0.39 is 0 Å². The van der Waals surface area contributed by atoms with E-state index in [4.69, 9.17) is 0 Å². The maximum atomic E-state index is 2.55.